The third-order valence-electron chi connectivity index (χ3n) is 7.49. The maximum atomic E-state index is 6.12. The number of methoxy groups -OCH3 is 1. The van der Waals surface area contributed by atoms with Crippen molar-refractivity contribution in [2.75, 3.05) is 7.11 Å². The van der Waals surface area contributed by atoms with Crippen molar-refractivity contribution < 1.29 is 4.74 Å². The first-order chi connectivity index (χ1) is 16.5. The lowest BCUT2D eigenvalue weighted by Crippen LogP contribution is -2.07. The number of ether oxygens (including phenoxy) is 1. The number of benzene rings is 3. The number of hydrogen-bond acceptors (Lipinski definition) is 5. The predicted octanol–water partition coefficient (Wildman–Crippen LogP) is 6.00. The largest absolute Gasteiger partial charge is 0.496 e. The summed E-state index contributed by atoms with van der Waals surface area (Å²) in [5.74, 6) is 1.28. The summed E-state index contributed by atoms with van der Waals surface area (Å²) < 4.78 is 6.12. The van der Waals surface area contributed by atoms with Gasteiger partial charge in [-0.1, -0.05) is 32.4 Å². The lowest BCUT2D eigenvalue weighted by molar-refractivity contribution is 0.402. The Morgan fingerprint density at radius 1 is 0.824 bits per heavy atom. The molecule has 2 aromatic heterocycles. The minimum atomic E-state index is 0.307. The molecule has 0 saturated heterocycles. The van der Waals surface area contributed by atoms with Gasteiger partial charge in [-0.15, -0.1) is 0 Å². The van der Waals surface area contributed by atoms with E-state index in [1.165, 1.54) is 38.9 Å². The van der Waals surface area contributed by atoms with Crippen molar-refractivity contribution in [2.24, 2.45) is 0 Å². The number of fused-ring (bicyclic) bond motifs is 9. The molecular weight excluding hydrogens is 424 g/mol. The van der Waals surface area contributed by atoms with E-state index in [0.717, 1.165) is 58.2 Å². The molecule has 0 spiro atoms. The van der Waals surface area contributed by atoms with E-state index in [1.54, 1.807) is 7.11 Å². The molecule has 0 fully saturated rings. The van der Waals surface area contributed by atoms with Crippen LogP contribution in [0.1, 0.15) is 60.4 Å². The molecule has 1 aliphatic rings. The molecule has 6 rings (SSSR count). The van der Waals surface area contributed by atoms with Crippen molar-refractivity contribution in [3.63, 3.8) is 0 Å². The van der Waals surface area contributed by atoms with Crippen LogP contribution in [0.4, 0.5) is 0 Å². The van der Waals surface area contributed by atoms with E-state index in [9.17, 15) is 0 Å². The molecule has 5 aromatic rings. The van der Waals surface area contributed by atoms with Gasteiger partial charge in [0.15, 0.2) is 0 Å². The number of nitrogens with one attached hydrogen (secondary N) is 2. The summed E-state index contributed by atoms with van der Waals surface area (Å²) in [5, 5.41) is 23.8. The van der Waals surface area contributed by atoms with Crippen LogP contribution in [-0.4, -0.2) is 37.9 Å². The van der Waals surface area contributed by atoms with Crippen LogP contribution in [-0.2, 0) is 6.42 Å². The molecule has 1 atom stereocenters. The lowest BCUT2D eigenvalue weighted by atomic mass is 9.79. The van der Waals surface area contributed by atoms with Crippen LogP contribution < -0.4 is 4.74 Å². The first-order valence-corrected chi connectivity index (χ1v) is 11.9. The third-order valence-corrected chi connectivity index (χ3v) is 7.49. The number of aromatic nitrogens is 6. The van der Waals surface area contributed by atoms with E-state index in [4.69, 9.17) is 4.74 Å². The minimum Gasteiger partial charge on any atom is -0.496 e. The van der Waals surface area contributed by atoms with Crippen LogP contribution in [0.25, 0.3) is 44.3 Å². The normalized spacial score (nSPS) is 13.4. The van der Waals surface area contributed by atoms with Crippen LogP contribution >= 0.6 is 0 Å². The molecule has 7 heteroatoms. The Morgan fingerprint density at radius 2 is 1.41 bits per heavy atom. The topological polar surface area (TPSA) is 92.4 Å². The highest BCUT2D eigenvalue weighted by Crippen LogP contribution is 2.53. The average Bonchev–Trinajstić information content (AvgIpc) is 3.48. The summed E-state index contributed by atoms with van der Waals surface area (Å²) in [6, 6.07) is 8.51. The van der Waals surface area contributed by atoms with E-state index < -0.39 is 0 Å². The van der Waals surface area contributed by atoms with Crippen LogP contribution in [0.2, 0.25) is 0 Å². The fraction of sp³-hybridized carbons (Fsp3) is 0.333. The van der Waals surface area contributed by atoms with Gasteiger partial charge in [-0.25, -0.2) is 0 Å². The molecule has 172 valence electrons. The SMILES string of the molecule is CCCC(C)c1c(OC)c(C)c(C)c2c1-c1c(ccc3n[nH]nc13)Cc1ccc3n[nH]nc3c1-2. The summed E-state index contributed by atoms with van der Waals surface area (Å²) in [6.45, 7) is 8.91. The first-order valence-electron chi connectivity index (χ1n) is 11.9. The minimum absolute atomic E-state index is 0.307. The standard InChI is InChI=1S/C27H28N6O/c1-6-7-13(2)20-24-21(14(3)15(4)27(20)34-5)22-16(8-10-18-25(22)30-32-28-18)12-17-9-11-19-26(23(17)24)31-33-29-19/h8-11,13H,6-7,12H2,1-5H3,(H,28,30,32)(H,29,31,33). The molecule has 0 aliphatic heterocycles. The Bertz CT molecular complexity index is 1580. The second-order valence-electron chi connectivity index (χ2n) is 9.40. The van der Waals surface area contributed by atoms with Gasteiger partial charge in [0.05, 0.1) is 7.11 Å². The van der Waals surface area contributed by atoms with Gasteiger partial charge in [-0.05, 0) is 78.1 Å². The second kappa shape index (κ2) is 7.65. The summed E-state index contributed by atoms with van der Waals surface area (Å²) in [6.07, 6.45) is 2.95. The fourth-order valence-corrected chi connectivity index (χ4v) is 5.84. The monoisotopic (exact) mass is 452 g/mol. The lowest BCUT2D eigenvalue weighted by Gasteiger charge is -2.27. The zero-order valence-corrected chi connectivity index (χ0v) is 20.2. The summed E-state index contributed by atoms with van der Waals surface area (Å²) >= 11 is 0. The van der Waals surface area contributed by atoms with Gasteiger partial charge in [-0.3, -0.25) is 0 Å². The van der Waals surface area contributed by atoms with Gasteiger partial charge in [0.25, 0.3) is 0 Å². The van der Waals surface area contributed by atoms with E-state index in [2.05, 4.69) is 82.8 Å². The van der Waals surface area contributed by atoms with Gasteiger partial charge in [0.1, 0.15) is 27.8 Å². The van der Waals surface area contributed by atoms with E-state index in [-0.39, 0.29) is 0 Å². The van der Waals surface area contributed by atoms with Gasteiger partial charge in [0.2, 0.25) is 0 Å². The number of aromatic amines is 2. The number of rotatable bonds is 4. The van der Waals surface area contributed by atoms with E-state index >= 15 is 0 Å². The smallest absolute Gasteiger partial charge is 0.126 e. The Kier molecular flexibility index (Phi) is 4.69. The first kappa shape index (κ1) is 20.8. The van der Waals surface area contributed by atoms with E-state index in [1.807, 2.05) is 0 Å². The van der Waals surface area contributed by atoms with Crippen LogP contribution in [0.5, 0.6) is 5.75 Å². The number of hydrogen-bond donors (Lipinski definition) is 2. The highest BCUT2D eigenvalue weighted by molar-refractivity contribution is 6.07. The molecule has 34 heavy (non-hydrogen) atoms. The van der Waals surface area contributed by atoms with Crippen molar-refractivity contribution >= 4 is 22.1 Å². The molecule has 0 bridgehead atoms. The van der Waals surface area contributed by atoms with Crippen molar-refractivity contribution in [3.05, 3.63) is 52.1 Å². The molecule has 7 nitrogen and oxygen atoms in total. The Balaban J connectivity index is 1.89. The van der Waals surface area contributed by atoms with Gasteiger partial charge < -0.3 is 4.74 Å². The van der Waals surface area contributed by atoms with Crippen molar-refractivity contribution in [2.45, 2.75) is 52.9 Å². The quantitative estimate of drug-likeness (QED) is 0.342. The van der Waals surface area contributed by atoms with Gasteiger partial charge in [-0.2, -0.15) is 30.8 Å². The van der Waals surface area contributed by atoms with Crippen LogP contribution in [0.15, 0.2) is 24.3 Å². The van der Waals surface area contributed by atoms with Gasteiger partial charge in [0, 0.05) is 16.7 Å². The maximum absolute atomic E-state index is 6.12. The van der Waals surface area contributed by atoms with Crippen molar-refractivity contribution in [1.82, 2.24) is 30.8 Å². The molecule has 0 radical (unpaired) electrons. The summed E-state index contributed by atoms with van der Waals surface area (Å²) in [4.78, 5) is 0. The number of H-pyrrole nitrogens is 2. The van der Waals surface area contributed by atoms with Crippen molar-refractivity contribution in [3.8, 4) is 28.0 Å². The molecule has 2 heterocycles. The molecule has 0 saturated carbocycles. The van der Waals surface area contributed by atoms with Crippen LogP contribution in [0.3, 0.4) is 0 Å². The summed E-state index contributed by atoms with van der Waals surface area (Å²) in [7, 11) is 1.79. The second-order valence-corrected chi connectivity index (χ2v) is 9.40. The molecule has 1 unspecified atom stereocenters. The van der Waals surface area contributed by atoms with Crippen molar-refractivity contribution in [1.29, 1.82) is 0 Å². The maximum Gasteiger partial charge on any atom is 0.126 e. The third kappa shape index (κ3) is 2.76. The fourth-order valence-electron chi connectivity index (χ4n) is 5.84. The molecule has 2 N–H and O–H groups in total. The highest BCUT2D eigenvalue weighted by Gasteiger charge is 2.33. The predicted molar refractivity (Wildman–Crippen MR) is 134 cm³/mol. The van der Waals surface area contributed by atoms with Crippen LogP contribution in [0, 0.1) is 13.8 Å². The zero-order chi connectivity index (χ0) is 23.6. The average molecular weight is 453 g/mol. The molecule has 0 amide bonds. The molecular formula is C27H28N6O. The number of nitrogens with zero attached hydrogens (tertiary/aromatic N) is 4. The molecule has 1 aliphatic carbocycles. The summed E-state index contributed by atoms with van der Waals surface area (Å²) in [5.41, 5.74) is 14.3. The van der Waals surface area contributed by atoms with E-state index in [0.29, 0.717) is 5.92 Å². The van der Waals surface area contributed by atoms with Gasteiger partial charge >= 0.3 is 0 Å². The Morgan fingerprint density at radius 3 is 1.97 bits per heavy atom. The Hall–Kier alpha value is -3.74. The highest BCUT2D eigenvalue weighted by atomic mass is 16.5. The molecule has 3 aromatic carbocycles. The zero-order valence-electron chi connectivity index (χ0n) is 20.2. The Labute approximate surface area is 197 Å².